The van der Waals surface area contributed by atoms with Gasteiger partial charge in [0.05, 0.1) is 4.90 Å². The summed E-state index contributed by atoms with van der Waals surface area (Å²) in [5, 5.41) is 4.73. The molecule has 0 saturated carbocycles. The Morgan fingerprint density at radius 1 is 1.27 bits per heavy atom. The molecule has 0 bridgehead atoms. The molecular formula is C8H8F3NO2S. The zero-order chi connectivity index (χ0) is 11.7. The first-order valence-electron chi connectivity index (χ1n) is 3.85. The number of sulfonamides is 1. The zero-order valence-electron chi connectivity index (χ0n) is 7.45. The molecule has 0 fully saturated rings. The summed E-state index contributed by atoms with van der Waals surface area (Å²) in [6.45, 7) is -1.97. The summed E-state index contributed by atoms with van der Waals surface area (Å²) < 4.78 is 59.9. The van der Waals surface area contributed by atoms with Crippen molar-refractivity contribution in [3.63, 3.8) is 0 Å². The molecule has 0 aliphatic carbocycles. The highest BCUT2D eigenvalue weighted by Crippen LogP contribution is 2.32. The van der Waals surface area contributed by atoms with E-state index in [-0.39, 0.29) is 0 Å². The molecule has 0 radical (unpaired) electrons. The monoisotopic (exact) mass is 239 g/mol. The summed E-state index contributed by atoms with van der Waals surface area (Å²) in [4.78, 5) is -0.757. The van der Waals surface area contributed by atoms with Gasteiger partial charge in [-0.25, -0.2) is 17.9 Å². The molecular weight excluding hydrogens is 231 g/mol. The number of hydrogen-bond acceptors (Lipinski definition) is 2. The van der Waals surface area contributed by atoms with Gasteiger partial charge in [0, 0.05) is 5.56 Å². The number of halogens is 3. The zero-order valence-corrected chi connectivity index (χ0v) is 8.27. The summed E-state index contributed by atoms with van der Waals surface area (Å²) in [5.41, 5.74) is -0.921. The van der Waals surface area contributed by atoms with Gasteiger partial charge in [0.25, 0.3) is 0 Å². The molecule has 0 amide bonds. The van der Waals surface area contributed by atoms with Crippen molar-refractivity contribution in [3.05, 3.63) is 29.8 Å². The van der Waals surface area contributed by atoms with E-state index in [2.05, 4.69) is 0 Å². The number of alkyl halides is 3. The highest BCUT2D eigenvalue weighted by atomic mass is 32.2. The molecule has 1 aromatic rings. The van der Waals surface area contributed by atoms with Crippen molar-refractivity contribution in [3.8, 4) is 0 Å². The average molecular weight is 239 g/mol. The first kappa shape index (κ1) is 12.0. The van der Waals surface area contributed by atoms with Crippen molar-refractivity contribution < 1.29 is 21.6 Å². The lowest BCUT2D eigenvalue weighted by Gasteiger charge is -2.15. The van der Waals surface area contributed by atoms with Crippen molar-refractivity contribution >= 4 is 10.0 Å². The van der Waals surface area contributed by atoms with E-state index in [1.807, 2.05) is 0 Å². The molecule has 7 heteroatoms. The van der Waals surface area contributed by atoms with Crippen LogP contribution in [-0.4, -0.2) is 15.1 Å². The first-order valence-corrected chi connectivity index (χ1v) is 5.40. The van der Waals surface area contributed by atoms with E-state index in [9.17, 15) is 21.6 Å². The van der Waals surface area contributed by atoms with E-state index in [0.717, 1.165) is 12.1 Å². The molecule has 0 unspecified atom stereocenters. The third-order valence-corrected chi connectivity index (χ3v) is 2.72. The maximum atomic E-state index is 13.0. The standard InChI is InChI=1S/C8H8F3NO2S/c9-5-8(10,11)6-3-1-2-4-7(6)15(12,13)14/h1-4H,5H2,(H2,12,13,14). The van der Waals surface area contributed by atoms with Crippen molar-refractivity contribution in [2.45, 2.75) is 10.8 Å². The predicted octanol–water partition coefficient (Wildman–Crippen LogP) is 1.40. The second-order valence-corrected chi connectivity index (χ2v) is 4.41. The van der Waals surface area contributed by atoms with Gasteiger partial charge in [0.1, 0.15) is 0 Å². The van der Waals surface area contributed by atoms with E-state index in [1.165, 1.54) is 12.1 Å². The minimum absolute atomic E-state index is 0.757. The molecule has 0 aliphatic rings. The van der Waals surface area contributed by atoms with Gasteiger partial charge >= 0.3 is 5.92 Å². The van der Waals surface area contributed by atoms with E-state index < -0.39 is 33.1 Å². The van der Waals surface area contributed by atoms with Crippen LogP contribution >= 0.6 is 0 Å². The minimum atomic E-state index is -4.27. The first-order chi connectivity index (χ1) is 6.79. The molecule has 1 aromatic carbocycles. The maximum Gasteiger partial charge on any atom is 0.302 e. The van der Waals surface area contributed by atoms with Crippen LogP contribution in [0.1, 0.15) is 5.56 Å². The Morgan fingerprint density at radius 2 is 1.80 bits per heavy atom. The molecule has 0 saturated heterocycles. The molecule has 2 N–H and O–H groups in total. The quantitative estimate of drug-likeness (QED) is 0.866. The van der Waals surface area contributed by atoms with Gasteiger partial charge < -0.3 is 0 Å². The summed E-state index contributed by atoms with van der Waals surface area (Å²) in [6.07, 6.45) is 0. The number of primary sulfonamides is 1. The topological polar surface area (TPSA) is 60.2 Å². The SMILES string of the molecule is NS(=O)(=O)c1ccccc1C(F)(F)CF. The molecule has 0 aromatic heterocycles. The molecule has 84 valence electrons. The van der Waals surface area contributed by atoms with Crippen LogP contribution in [0.3, 0.4) is 0 Å². The second-order valence-electron chi connectivity index (χ2n) is 2.88. The number of hydrogen-bond donors (Lipinski definition) is 1. The Hall–Kier alpha value is -1.08. The smallest absolute Gasteiger partial charge is 0.244 e. The number of rotatable bonds is 3. The van der Waals surface area contributed by atoms with Crippen LogP contribution in [0, 0.1) is 0 Å². The summed E-state index contributed by atoms with van der Waals surface area (Å²) >= 11 is 0. The predicted molar refractivity (Wildman–Crippen MR) is 47.7 cm³/mol. The van der Waals surface area contributed by atoms with Gasteiger partial charge in [-0.3, -0.25) is 0 Å². The molecule has 0 spiro atoms. The Labute approximate surface area is 84.8 Å². The van der Waals surface area contributed by atoms with Crippen LogP contribution < -0.4 is 5.14 Å². The van der Waals surface area contributed by atoms with Gasteiger partial charge in [0.15, 0.2) is 6.67 Å². The fourth-order valence-corrected chi connectivity index (χ4v) is 1.88. The highest BCUT2D eigenvalue weighted by molar-refractivity contribution is 7.89. The highest BCUT2D eigenvalue weighted by Gasteiger charge is 2.36. The molecule has 1 rings (SSSR count). The van der Waals surface area contributed by atoms with E-state index in [1.54, 1.807) is 0 Å². The lowest BCUT2D eigenvalue weighted by Crippen LogP contribution is -2.23. The lowest BCUT2D eigenvalue weighted by molar-refractivity contribution is -0.0307. The fraction of sp³-hybridized carbons (Fsp3) is 0.250. The molecule has 0 aliphatic heterocycles. The number of benzene rings is 1. The van der Waals surface area contributed by atoms with Crippen molar-refractivity contribution in [2.75, 3.05) is 6.67 Å². The minimum Gasteiger partial charge on any atom is -0.244 e. The summed E-state index contributed by atoms with van der Waals surface area (Å²) in [6, 6.07) is 4.17. The molecule has 0 heterocycles. The second kappa shape index (κ2) is 3.82. The Bertz CT molecular complexity index is 459. The average Bonchev–Trinajstić information content (AvgIpc) is 2.16. The van der Waals surface area contributed by atoms with Crippen LogP contribution in [0.2, 0.25) is 0 Å². The van der Waals surface area contributed by atoms with Crippen molar-refractivity contribution in [1.82, 2.24) is 0 Å². The van der Waals surface area contributed by atoms with Crippen LogP contribution in [0.25, 0.3) is 0 Å². The van der Waals surface area contributed by atoms with Gasteiger partial charge in [-0.1, -0.05) is 18.2 Å². The third-order valence-electron chi connectivity index (χ3n) is 1.76. The normalized spacial score (nSPS) is 12.8. The lowest BCUT2D eigenvalue weighted by atomic mass is 10.1. The Kier molecular flexibility index (Phi) is 3.05. The largest absolute Gasteiger partial charge is 0.302 e. The molecule has 15 heavy (non-hydrogen) atoms. The number of nitrogens with two attached hydrogens (primary N) is 1. The van der Waals surface area contributed by atoms with E-state index in [4.69, 9.17) is 5.14 Å². The van der Waals surface area contributed by atoms with Crippen LogP contribution in [0.5, 0.6) is 0 Å². The third kappa shape index (κ3) is 2.48. The van der Waals surface area contributed by atoms with Gasteiger partial charge in [-0.15, -0.1) is 0 Å². The summed E-state index contributed by atoms with van der Waals surface area (Å²) in [5.74, 6) is -3.84. The van der Waals surface area contributed by atoms with Crippen LogP contribution in [-0.2, 0) is 15.9 Å². The van der Waals surface area contributed by atoms with E-state index in [0.29, 0.717) is 0 Å². The van der Waals surface area contributed by atoms with E-state index >= 15 is 0 Å². The maximum absolute atomic E-state index is 13.0. The van der Waals surface area contributed by atoms with Crippen LogP contribution in [0.15, 0.2) is 29.2 Å². The van der Waals surface area contributed by atoms with Gasteiger partial charge in [-0.2, -0.15) is 8.78 Å². The van der Waals surface area contributed by atoms with Crippen LogP contribution in [0.4, 0.5) is 13.2 Å². The molecule has 0 atom stereocenters. The van der Waals surface area contributed by atoms with Gasteiger partial charge in [-0.05, 0) is 6.07 Å². The summed E-state index contributed by atoms with van der Waals surface area (Å²) in [7, 11) is -4.27. The van der Waals surface area contributed by atoms with Crippen molar-refractivity contribution in [1.29, 1.82) is 0 Å². The fourth-order valence-electron chi connectivity index (χ4n) is 1.09. The molecule has 3 nitrogen and oxygen atoms in total. The Balaban J connectivity index is 3.44. The van der Waals surface area contributed by atoms with Gasteiger partial charge in [0.2, 0.25) is 10.0 Å². The Morgan fingerprint density at radius 3 is 2.27 bits per heavy atom. The van der Waals surface area contributed by atoms with Crippen molar-refractivity contribution in [2.24, 2.45) is 5.14 Å².